The Morgan fingerprint density at radius 2 is 2.14 bits per heavy atom. The van der Waals surface area contributed by atoms with Gasteiger partial charge in [0.2, 0.25) is 5.88 Å². The molecule has 0 saturated heterocycles. The average molecular weight is 214 g/mol. The number of nitrogens with zero attached hydrogens (tertiary/aromatic N) is 3. The van der Waals surface area contributed by atoms with Crippen LogP contribution >= 0.6 is 11.6 Å². The van der Waals surface area contributed by atoms with Gasteiger partial charge in [0.25, 0.3) is 0 Å². The number of halogens is 2. The van der Waals surface area contributed by atoms with Crippen molar-refractivity contribution in [3.63, 3.8) is 0 Å². The van der Waals surface area contributed by atoms with Gasteiger partial charge in [-0.25, -0.2) is 14.4 Å². The lowest BCUT2D eigenvalue weighted by Gasteiger charge is -2.02. The Kier molecular flexibility index (Phi) is 1.96. The van der Waals surface area contributed by atoms with Crippen molar-refractivity contribution in [1.82, 2.24) is 15.0 Å². The molecule has 0 unspecified atom stereocenters. The minimum absolute atomic E-state index is 0.0185. The molecule has 2 aromatic rings. The van der Waals surface area contributed by atoms with Crippen LogP contribution in [0.3, 0.4) is 0 Å². The van der Waals surface area contributed by atoms with Crippen LogP contribution in [0.25, 0.3) is 10.9 Å². The number of aromatic nitrogens is 3. The Morgan fingerprint density at radius 1 is 1.43 bits per heavy atom. The molecule has 0 aromatic carbocycles. The first-order valence-electron chi connectivity index (χ1n) is 3.77. The molecule has 4 nitrogen and oxygen atoms in total. The Balaban J connectivity index is 2.95. The van der Waals surface area contributed by atoms with Crippen LogP contribution < -0.4 is 0 Å². The van der Waals surface area contributed by atoms with Gasteiger partial charge >= 0.3 is 0 Å². The number of rotatable bonds is 0. The minimum Gasteiger partial charge on any atom is -0.493 e. The molecule has 2 rings (SSSR count). The Bertz CT molecular complexity index is 517. The molecule has 6 heteroatoms. The number of pyridine rings is 1. The SMILES string of the molecule is Cc1nc(O)c2cnc(Cl)c(F)c2n1. The van der Waals surface area contributed by atoms with E-state index in [2.05, 4.69) is 15.0 Å². The van der Waals surface area contributed by atoms with E-state index < -0.39 is 5.82 Å². The second kappa shape index (κ2) is 3.02. The smallest absolute Gasteiger partial charge is 0.223 e. The Hall–Kier alpha value is -1.49. The predicted octanol–water partition coefficient (Wildman–Crippen LogP) is 1.83. The molecule has 72 valence electrons. The Labute approximate surface area is 83.4 Å². The summed E-state index contributed by atoms with van der Waals surface area (Å²) in [6.45, 7) is 1.55. The molecular formula is C8H5ClFN3O. The summed E-state index contributed by atoms with van der Waals surface area (Å²) in [5.74, 6) is -0.767. The van der Waals surface area contributed by atoms with Crippen LogP contribution in [0.15, 0.2) is 6.20 Å². The van der Waals surface area contributed by atoms with Crippen molar-refractivity contribution in [2.75, 3.05) is 0 Å². The lowest BCUT2D eigenvalue weighted by Crippen LogP contribution is -1.94. The molecule has 0 fully saturated rings. The maximum atomic E-state index is 13.4. The monoisotopic (exact) mass is 213 g/mol. The number of fused-ring (bicyclic) bond motifs is 1. The van der Waals surface area contributed by atoms with E-state index in [1.807, 2.05) is 0 Å². The number of hydrogen-bond acceptors (Lipinski definition) is 4. The molecule has 14 heavy (non-hydrogen) atoms. The van der Waals surface area contributed by atoms with Crippen molar-refractivity contribution in [3.8, 4) is 5.88 Å². The molecular weight excluding hydrogens is 209 g/mol. The first-order valence-corrected chi connectivity index (χ1v) is 4.14. The highest BCUT2D eigenvalue weighted by Crippen LogP contribution is 2.25. The summed E-state index contributed by atoms with van der Waals surface area (Å²) in [6.07, 6.45) is 1.23. The van der Waals surface area contributed by atoms with Gasteiger partial charge in [-0.15, -0.1) is 0 Å². The van der Waals surface area contributed by atoms with E-state index in [0.717, 1.165) is 0 Å². The van der Waals surface area contributed by atoms with Gasteiger partial charge in [-0.05, 0) is 6.92 Å². The number of hydrogen-bond donors (Lipinski definition) is 1. The highest BCUT2D eigenvalue weighted by Gasteiger charge is 2.12. The van der Waals surface area contributed by atoms with Gasteiger partial charge < -0.3 is 5.11 Å². The van der Waals surface area contributed by atoms with Crippen molar-refractivity contribution < 1.29 is 9.50 Å². The van der Waals surface area contributed by atoms with Crippen molar-refractivity contribution in [2.24, 2.45) is 0 Å². The van der Waals surface area contributed by atoms with Crippen LogP contribution in [0.1, 0.15) is 5.82 Å². The van der Waals surface area contributed by atoms with Crippen LogP contribution in [-0.2, 0) is 0 Å². The van der Waals surface area contributed by atoms with E-state index in [1.165, 1.54) is 6.20 Å². The fourth-order valence-corrected chi connectivity index (χ4v) is 1.27. The average Bonchev–Trinajstić information content (AvgIpc) is 2.12. The molecule has 0 bridgehead atoms. The molecule has 1 N–H and O–H groups in total. The summed E-state index contributed by atoms with van der Waals surface area (Å²) < 4.78 is 13.4. The van der Waals surface area contributed by atoms with Crippen LogP contribution in [-0.4, -0.2) is 20.1 Å². The lowest BCUT2D eigenvalue weighted by atomic mass is 10.3. The van der Waals surface area contributed by atoms with Crippen molar-refractivity contribution in [1.29, 1.82) is 0 Å². The van der Waals surface area contributed by atoms with E-state index in [0.29, 0.717) is 0 Å². The lowest BCUT2D eigenvalue weighted by molar-refractivity contribution is 0.457. The van der Waals surface area contributed by atoms with E-state index >= 15 is 0 Å². The minimum atomic E-state index is -0.745. The third kappa shape index (κ3) is 1.26. The molecule has 0 atom stereocenters. The predicted molar refractivity (Wildman–Crippen MR) is 48.7 cm³/mol. The van der Waals surface area contributed by atoms with Gasteiger partial charge in [0.05, 0.1) is 5.39 Å². The highest BCUT2D eigenvalue weighted by molar-refractivity contribution is 6.30. The molecule has 0 aliphatic heterocycles. The summed E-state index contributed by atoms with van der Waals surface area (Å²) in [4.78, 5) is 11.0. The zero-order valence-corrected chi connectivity index (χ0v) is 7.88. The normalized spacial score (nSPS) is 10.8. The van der Waals surface area contributed by atoms with Crippen LogP contribution in [0, 0.1) is 12.7 Å². The molecule has 0 spiro atoms. The summed E-state index contributed by atoms with van der Waals surface area (Å²) >= 11 is 5.46. The summed E-state index contributed by atoms with van der Waals surface area (Å²) in [7, 11) is 0. The second-order valence-electron chi connectivity index (χ2n) is 2.72. The van der Waals surface area contributed by atoms with Gasteiger partial charge in [-0.3, -0.25) is 0 Å². The third-order valence-electron chi connectivity index (χ3n) is 1.73. The zero-order valence-electron chi connectivity index (χ0n) is 7.12. The topological polar surface area (TPSA) is 58.9 Å². The Morgan fingerprint density at radius 3 is 2.86 bits per heavy atom. The second-order valence-corrected chi connectivity index (χ2v) is 3.08. The van der Waals surface area contributed by atoms with E-state index in [1.54, 1.807) is 6.92 Å². The molecule has 2 aromatic heterocycles. The van der Waals surface area contributed by atoms with Crippen LogP contribution in [0.2, 0.25) is 5.15 Å². The van der Waals surface area contributed by atoms with E-state index in [4.69, 9.17) is 11.6 Å². The fraction of sp³-hybridized carbons (Fsp3) is 0.125. The maximum Gasteiger partial charge on any atom is 0.223 e. The van der Waals surface area contributed by atoms with Crippen LogP contribution in [0.4, 0.5) is 4.39 Å². The third-order valence-corrected chi connectivity index (χ3v) is 2.00. The molecule has 0 amide bonds. The zero-order chi connectivity index (χ0) is 10.3. The summed E-state index contributed by atoms with van der Waals surface area (Å²) in [6, 6.07) is 0. The largest absolute Gasteiger partial charge is 0.493 e. The summed E-state index contributed by atoms with van der Waals surface area (Å²) in [5, 5.41) is 9.25. The van der Waals surface area contributed by atoms with Gasteiger partial charge in [-0.1, -0.05) is 11.6 Å². The first-order chi connectivity index (χ1) is 6.59. The van der Waals surface area contributed by atoms with Gasteiger partial charge in [0.1, 0.15) is 11.3 Å². The van der Waals surface area contributed by atoms with Crippen molar-refractivity contribution in [3.05, 3.63) is 23.0 Å². The first kappa shape index (κ1) is 9.08. The fourth-order valence-electron chi connectivity index (χ4n) is 1.13. The quantitative estimate of drug-likeness (QED) is 0.679. The van der Waals surface area contributed by atoms with Crippen molar-refractivity contribution >= 4 is 22.5 Å². The molecule has 0 aliphatic rings. The van der Waals surface area contributed by atoms with Crippen LogP contribution in [0.5, 0.6) is 5.88 Å². The number of aromatic hydroxyl groups is 1. The van der Waals surface area contributed by atoms with Gasteiger partial charge in [0.15, 0.2) is 11.0 Å². The van der Waals surface area contributed by atoms with Gasteiger partial charge in [0, 0.05) is 6.20 Å². The maximum absolute atomic E-state index is 13.4. The molecule has 0 aliphatic carbocycles. The van der Waals surface area contributed by atoms with Crippen molar-refractivity contribution in [2.45, 2.75) is 6.92 Å². The molecule has 0 radical (unpaired) electrons. The highest BCUT2D eigenvalue weighted by atomic mass is 35.5. The standard InChI is InChI=1S/C8H5ClFN3O/c1-3-12-6-4(8(14)13-3)2-11-7(9)5(6)10/h2H,1H3,(H,12,13,14). The van der Waals surface area contributed by atoms with E-state index in [-0.39, 0.29) is 27.8 Å². The molecule has 2 heterocycles. The van der Waals surface area contributed by atoms with E-state index in [9.17, 15) is 9.50 Å². The summed E-state index contributed by atoms with van der Waals surface area (Å²) in [5.41, 5.74) is -0.0185. The van der Waals surface area contributed by atoms with Gasteiger partial charge in [-0.2, -0.15) is 4.98 Å². The molecule has 0 saturated carbocycles. The number of aryl methyl sites for hydroxylation is 1.